The molecule has 0 bridgehead atoms. The van der Waals surface area contributed by atoms with E-state index in [0.717, 1.165) is 0 Å². The predicted octanol–water partition coefficient (Wildman–Crippen LogP) is 3.34. The minimum Gasteiger partial charge on any atom is -0.479 e. The van der Waals surface area contributed by atoms with E-state index < -0.39 is 24.2 Å². The highest BCUT2D eigenvalue weighted by Gasteiger charge is 2.47. The Morgan fingerprint density at radius 3 is 2.73 bits per heavy atom. The first-order valence-electron chi connectivity index (χ1n) is 7.87. The molecule has 1 fully saturated rings. The summed E-state index contributed by atoms with van der Waals surface area (Å²) in [7, 11) is 1.36. The van der Waals surface area contributed by atoms with Crippen LogP contribution in [0.5, 0.6) is 5.88 Å². The largest absolute Gasteiger partial charge is 0.479 e. The molecule has 1 unspecified atom stereocenters. The Labute approximate surface area is 153 Å². The van der Waals surface area contributed by atoms with Crippen molar-refractivity contribution in [3.63, 3.8) is 0 Å². The average Bonchev–Trinajstić information content (AvgIpc) is 2.63. The molecule has 3 rings (SSSR count). The molecule has 0 radical (unpaired) electrons. The van der Waals surface area contributed by atoms with Gasteiger partial charge in [0.15, 0.2) is 5.15 Å². The third-order valence-electron chi connectivity index (χ3n) is 4.08. The van der Waals surface area contributed by atoms with Crippen molar-refractivity contribution in [1.82, 2.24) is 15.0 Å². The van der Waals surface area contributed by atoms with Crippen molar-refractivity contribution >= 4 is 17.6 Å². The van der Waals surface area contributed by atoms with Crippen LogP contribution in [-0.4, -0.2) is 47.1 Å². The summed E-state index contributed by atoms with van der Waals surface area (Å²) in [6.45, 7) is -0.303. The van der Waals surface area contributed by atoms with Gasteiger partial charge in [0.1, 0.15) is 0 Å². The molecule has 1 aromatic heterocycles. The summed E-state index contributed by atoms with van der Waals surface area (Å²) >= 11 is 5.90. The molecule has 9 heteroatoms. The number of carbonyl (C=O) groups excluding carboxylic acids is 1. The monoisotopic (exact) mass is 383 g/mol. The number of hydrogen-bond acceptors (Lipinski definition) is 6. The number of alkyl halides is 2. The lowest BCUT2D eigenvalue weighted by Gasteiger charge is -2.36. The van der Waals surface area contributed by atoms with Crippen molar-refractivity contribution < 1.29 is 23.1 Å². The van der Waals surface area contributed by atoms with Crippen LogP contribution in [0.25, 0.3) is 0 Å². The number of piperidine rings is 1. The first-order valence-corrected chi connectivity index (χ1v) is 8.25. The normalized spacial score (nSPS) is 19.8. The summed E-state index contributed by atoms with van der Waals surface area (Å²) in [6, 6.07) is 8.33. The topological polar surface area (TPSA) is 64.6 Å². The molecule has 1 atom stereocenters. The van der Waals surface area contributed by atoms with Crippen molar-refractivity contribution in [2.45, 2.75) is 18.3 Å². The number of rotatable bonds is 4. The van der Waals surface area contributed by atoms with Gasteiger partial charge >= 0.3 is 5.97 Å². The molecular formula is C17H16ClF2N3O3. The number of methoxy groups -OCH3 is 1. The van der Waals surface area contributed by atoms with Gasteiger partial charge in [0.2, 0.25) is 0 Å². The summed E-state index contributed by atoms with van der Waals surface area (Å²) in [5.41, 5.74) is 0.356. The summed E-state index contributed by atoms with van der Waals surface area (Å²) in [5, 5.41) is 1.12. The van der Waals surface area contributed by atoms with E-state index in [1.807, 2.05) is 0 Å². The summed E-state index contributed by atoms with van der Waals surface area (Å²) in [6.07, 6.45) is 0.719. The summed E-state index contributed by atoms with van der Waals surface area (Å²) < 4.78 is 33.7. The zero-order chi connectivity index (χ0) is 18.7. The molecule has 0 saturated carbocycles. The van der Waals surface area contributed by atoms with Gasteiger partial charge in [0.25, 0.3) is 11.8 Å². The zero-order valence-corrected chi connectivity index (χ0v) is 14.6. The smallest absolute Gasteiger partial charge is 0.357 e. The van der Waals surface area contributed by atoms with Gasteiger partial charge in [-0.2, -0.15) is 0 Å². The fourth-order valence-corrected chi connectivity index (χ4v) is 2.91. The highest BCUT2D eigenvalue weighted by molar-refractivity contribution is 6.30. The molecule has 1 aliphatic heterocycles. The Bertz CT molecular complexity index is 792. The van der Waals surface area contributed by atoms with Crippen LogP contribution in [0.15, 0.2) is 36.5 Å². The number of aromatic nitrogens is 2. The molecule has 1 aromatic carbocycles. The first kappa shape index (κ1) is 18.5. The molecule has 1 saturated heterocycles. The lowest BCUT2D eigenvalue weighted by molar-refractivity contribution is -0.176. The van der Waals surface area contributed by atoms with Gasteiger partial charge in [-0.15, -0.1) is 5.06 Å². The van der Waals surface area contributed by atoms with Gasteiger partial charge in [-0.3, -0.25) is 0 Å². The molecule has 2 heterocycles. The highest BCUT2D eigenvalue weighted by Crippen LogP contribution is 2.40. The van der Waals surface area contributed by atoms with Crippen molar-refractivity contribution in [3.8, 4) is 5.88 Å². The number of nitrogens with zero attached hydrogens (tertiary/aromatic N) is 3. The van der Waals surface area contributed by atoms with E-state index in [0.29, 0.717) is 5.56 Å². The second kappa shape index (κ2) is 7.51. The van der Waals surface area contributed by atoms with Gasteiger partial charge < -0.3 is 9.57 Å². The van der Waals surface area contributed by atoms with E-state index >= 15 is 0 Å². The van der Waals surface area contributed by atoms with Gasteiger partial charge in [-0.1, -0.05) is 29.8 Å². The number of carbonyl (C=O) groups is 1. The molecule has 0 N–H and O–H groups in total. The van der Waals surface area contributed by atoms with Crippen molar-refractivity contribution in [1.29, 1.82) is 0 Å². The predicted molar refractivity (Wildman–Crippen MR) is 89.3 cm³/mol. The van der Waals surface area contributed by atoms with Gasteiger partial charge in [0.05, 0.1) is 30.5 Å². The maximum Gasteiger partial charge on any atom is 0.357 e. The van der Waals surface area contributed by atoms with Crippen LogP contribution in [0.2, 0.25) is 5.15 Å². The third-order valence-corrected chi connectivity index (χ3v) is 4.33. The molecule has 0 spiro atoms. The Balaban J connectivity index is 1.77. The molecule has 26 heavy (non-hydrogen) atoms. The third kappa shape index (κ3) is 3.91. The zero-order valence-electron chi connectivity index (χ0n) is 13.9. The minimum absolute atomic E-state index is 0.0151. The lowest BCUT2D eigenvalue weighted by Crippen LogP contribution is -2.46. The standard InChI is InChI=1S/C17H16ClF2N3O3/c1-25-15-14(18)22-13(9-21-15)12-10-23(8-7-17(12,19)20)26-16(24)11-5-3-2-4-6-11/h2-6,9,12H,7-8,10H2,1H3. The fraction of sp³-hybridized carbons (Fsp3) is 0.353. The van der Waals surface area contributed by atoms with Crippen molar-refractivity contribution in [2.75, 3.05) is 20.2 Å². The van der Waals surface area contributed by atoms with E-state index in [1.165, 1.54) is 18.4 Å². The number of benzene rings is 1. The van der Waals surface area contributed by atoms with E-state index in [9.17, 15) is 13.6 Å². The molecule has 1 aliphatic rings. The minimum atomic E-state index is -3.03. The lowest BCUT2D eigenvalue weighted by atomic mass is 9.92. The van der Waals surface area contributed by atoms with Crippen LogP contribution in [-0.2, 0) is 4.84 Å². The van der Waals surface area contributed by atoms with E-state index in [2.05, 4.69) is 9.97 Å². The summed E-state index contributed by atoms with van der Waals surface area (Å²) in [4.78, 5) is 25.3. The van der Waals surface area contributed by atoms with Gasteiger partial charge in [-0.05, 0) is 12.1 Å². The van der Waals surface area contributed by atoms with E-state index in [4.69, 9.17) is 21.2 Å². The number of ether oxygens (including phenoxy) is 1. The van der Waals surface area contributed by atoms with Crippen LogP contribution < -0.4 is 4.74 Å². The Morgan fingerprint density at radius 2 is 2.08 bits per heavy atom. The van der Waals surface area contributed by atoms with Crippen LogP contribution in [0, 0.1) is 0 Å². The maximum absolute atomic E-state index is 14.4. The average molecular weight is 384 g/mol. The number of hydrogen-bond donors (Lipinski definition) is 0. The second-order valence-electron chi connectivity index (χ2n) is 5.79. The molecule has 138 valence electrons. The highest BCUT2D eigenvalue weighted by atomic mass is 35.5. The molecule has 0 amide bonds. The van der Waals surface area contributed by atoms with E-state index in [-0.39, 0.29) is 29.8 Å². The van der Waals surface area contributed by atoms with Crippen LogP contribution in [0.1, 0.15) is 28.4 Å². The molecule has 0 aliphatic carbocycles. The van der Waals surface area contributed by atoms with E-state index in [1.54, 1.807) is 30.3 Å². The van der Waals surface area contributed by atoms with Gasteiger partial charge in [-0.25, -0.2) is 23.5 Å². The number of halogens is 3. The first-order chi connectivity index (χ1) is 12.4. The van der Waals surface area contributed by atoms with Crippen LogP contribution in [0.4, 0.5) is 8.78 Å². The Morgan fingerprint density at radius 1 is 1.35 bits per heavy atom. The second-order valence-corrected chi connectivity index (χ2v) is 6.15. The Hall–Kier alpha value is -2.32. The van der Waals surface area contributed by atoms with Crippen molar-refractivity contribution in [3.05, 3.63) is 52.9 Å². The quantitative estimate of drug-likeness (QED) is 0.807. The maximum atomic E-state index is 14.4. The van der Waals surface area contributed by atoms with Crippen LogP contribution in [0.3, 0.4) is 0 Å². The molecular weight excluding hydrogens is 368 g/mol. The van der Waals surface area contributed by atoms with Crippen LogP contribution >= 0.6 is 11.6 Å². The molecule has 6 nitrogen and oxygen atoms in total. The Kier molecular flexibility index (Phi) is 5.33. The SMILES string of the molecule is COc1ncc(C2CN(OC(=O)c3ccccc3)CCC2(F)F)nc1Cl. The van der Waals surface area contributed by atoms with Crippen molar-refractivity contribution in [2.24, 2.45) is 0 Å². The molecule has 2 aromatic rings. The van der Waals surface area contributed by atoms with Gasteiger partial charge in [0, 0.05) is 19.5 Å². The fourth-order valence-electron chi connectivity index (χ4n) is 2.69. The number of hydroxylamine groups is 2. The summed E-state index contributed by atoms with van der Waals surface area (Å²) in [5.74, 6) is -4.88.